The summed E-state index contributed by atoms with van der Waals surface area (Å²) in [4.78, 5) is 21.4. The summed E-state index contributed by atoms with van der Waals surface area (Å²) >= 11 is 0.974. The normalized spacial score (nSPS) is 25.0. The minimum atomic E-state index is -5.00. The first-order chi connectivity index (χ1) is 9.23. The maximum atomic E-state index is 13.3. The number of guanidine groups is 1. The Labute approximate surface area is 117 Å². The van der Waals surface area contributed by atoms with Crippen molar-refractivity contribution in [2.75, 3.05) is 21.2 Å². The fourth-order valence-corrected chi connectivity index (χ4v) is 2.40. The van der Waals surface area contributed by atoms with Crippen molar-refractivity contribution in [1.29, 1.82) is 0 Å². The lowest BCUT2D eigenvalue weighted by atomic mass is 10.1. The second-order valence-electron chi connectivity index (χ2n) is 4.14. The largest absolute Gasteiger partial charge is 0.465 e. The monoisotopic (exact) mass is 308 g/mol. The van der Waals surface area contributed by atoms with Gasteiger partial charge < -0.3 is 9.64 Å². The molecule has 0 bridgehead atoms. The van der Waals surface area contributed by atoms with Crippen LogP contribution in [0.3, 0.4) is 0 Å². The van der Waals surface area contributed by atoms with Crippen molar-refractivity contribution in [3.8, 4) is 0 Å². The number of halogens is 3. The Kier molecular flexibility index (Phi) is 3.44. The van der Waals surface area contributed by atoms with E-state index < -0.39 is 17.8 Å². The summed E-state index contributed by atoms with van der Waals surface area (Å²) < 4.78 is 44.3. The van der Waals surface area contributed by atoms with Crippen molar-refractivity contribution in [1.82, 2.24) is 9.80 Å². The van der Waals surface area contributed by atoms with Gasteiger partial charge in [0, 0.05) is 20.3 Å². The Bertz CT molecular complexity index is 529. The predicted octanol–water partition coefficient (Wildman–Crippen LogP) is 1.23. The minimum Gasteiger partial charge on any atom is -0.465 e. The van der Waals surface area contributed by atoms with Gasteiger partial charge in [-0.3, -0.25) is 4.90 Å². The molecule has 0 aromatic rings. The van der Waals surface area contributed by atoms with E-state index in [1.165, 1.54) is 30.1 Å². The fourth-order valence-electron chi connectivity index (χ4n) is 1.66. The van der Waals surface area contributed by atoms with Crippen LogP contribution in [0, 0.1) is 0 Å². The molecule has 1 atom stereocenters. The molecule has 10 heteroatoms. The first-order valence-electron chi connectivity index (χ1n) is 5.37. The van der Waals surface area contributed by atoms with Gasteiger partial charge in [-0.1, -0.05) is 11.8 Å². The number of alkyl halides is 3. The van der Waals surface area contributed by atoms with Gasteiger partial charge in [0.1, 0.15) is 0 Å². The zero-order valence-corrected chi connectivity index (χ0v) is 11.6. The number of esters is 1. The van der Waals surface area contributed by atoms with Crippen molar-refractivity contribution < 1.29 is 22.7 Å². The van der Waals surface area contributed by atoms with Gasteiger partial charge in [-0.2, -0.15) is 13.2 Å². The molecule has 0 aliphatic carbocycles. The third kappa shape index (κ3) is 2.03. The number of carbonyl (C=O) groups excluding carboxylic acids is 1. The number of thioether (sulfide) groups is 1. The van der Waals surface area contributed by atoms with Gasteiger partial charge in [-0.15, -0.1) is 0 Å². The molecule has 2 aliphatic rings. The number of hydrogen-bond acceptors (Lipinski definition) is 7. The fraction of sp³-hybridized carbons (Fsp3) is 0.500. The van der Waals surface area contributed by atoms with Crippen LogP contribution in [0.5, 0.6) is 0 Å². The number of amidine groups is 1. The van der Waals surface area contributed by atoms with E-state index in [4.69, 9.17) is 0 Å². The number of methoxy groups -OCH3 is 1. The van der Waals surface area contributed by atoms with Crippen LogP contribution in [0.2, 0.25) is 0 Å². The first kappa shape index (κ1) is 14.7. The molecule has 0 saturated carbocycles. The molecule has 2 rings (SSSR count). The van der Waals surface area contributed by atoms with Crippen molar-refractivity contribution >= 4 is 28.9 Å². The quantitative estimate of drug-likeness (QED) is 0.682. The maximum absolute atomic E-state index is 13.3. The molecule has 2 heterocycles. The molecule has 0 radical (unpaired) electrons. The predicted molar refractivity (Wildman–Crippen MR) is 67.9 cm³/mol. The van der Waals surface area contributed by atoms with E-state index in [0.717, 1.165) is 18.9 Å². The third-order valence-electron chi connectivity index (χ3n) is 2.59. The Morgan fingerprint density at radius 2 is 2.10 bits per heavy atom. The highest BCUT2D eigenvalue weighted by Gasteiger charge is 2.65. The standard InChI is InChI=1S/C10H11F3N4O2S/c1-16(2)7-14-9(6(18)19-3,10(11,12)13)15-8-17(7)4-5-20-8/h4-5H,1-3H3/t9-/m0/s1. The van der Waals surface area contributed by atoms with Crippen LogP contribution in [0.15, 0.2) is 21.6 Å². The van der Waals surface area contributed by atoms with E-state index in [-0.39, 0.29) is 11.1 Å². The zero-order chi connectivity index (χ0) is 15.1. The van der Waals surface area contributed by atoms with E-state index in [2.05, 4.69) is 14.7 Å². The Morgan fingerprint density at radius 3 is 2.60 bits per heavy atom. The zero-order valence-electron chi connectivity index (χ0n) is 10.8. The smallest absolute Gasteiger partial charge is 0.446 e. The van der Waals surface area contributed by atoms with Gasteiger partial charge in [0.2, 0.25) is 5.96 Å². The van der Waals surface area contributed by atoms with E-state index >= 15 is 0 Å². The van der Waals surface area contributed by atoms with Crippen molar-refractivity contribution in [3.63, 3.8) is 0 Å². The van der Waals surface area contributed by atoms with Crippen LogP contribution in [0.4, 0.5) is 13.2 Å². The van der Waals surface area contributed by atoms with Gasteiger partial charge in [0.15, 0.2) is 5.17 Å². The molecule has 0 unspecified atom stereocenters. The van der Waals surface area contributed by atoms with Gasteiger partial charge in [0.05, 0.1) is 7.11 Å². The Balaban J connectivity index is 2.63. The van der Waals surface area contributed by atoms with Gasteiger partial charge >= 0.3 is 17.8 Å². The minimum absolute atomic E-state index is 0.0198. The number of hydrogen-bond donors (Lipinski definition) is 0. The molecule has 0 saturated heterocycles. The van der Waals surface area contributed by atoms with Crippen LogP contribution >= 0.6 is 11.8 Å². The number of ether oxygens (including phenoxy) is 1. The molecule has 0 amide bonds. The highest BCUT2D eigenvalue weighted by Crippen LogP contribution is 2.41. The summed E-state index contributed by atoms with van der Waals surface area (Å²) in [5, 5.41) is 1.58. The molecule has 20 heavy (non-hydrogen) atoms. The van der Waals surface area contributed by atoms with Crippen LogP contribution in [-0.4, -0.2) is 59.9 Å². The molecule has 2 aliphatic heterocycles. The second-order valence-corrected chi connectivity index (χ2v) is 5.01. The topological polar surface area (TPSA) is 57.5 Å². The Morgan fingerprint density at radius 1 is 1.45 bits per heavy atom. The van der Waals surface area contributed by atoms with Crippen LogP contribution < -0.4 is 0 Å². The summed E-state index contributed by atoms with van der Waals surface area (Å²) in [6, 6.07) is 0. The highest BCUT2D eigenvalue weighted by molar-refractivity contribution is 8.16. The van der Waals surface area contributed by atoms with Crippen molar-refractivity contribution in [2.24, 2.45) is 9.98 Å². The third-order valence-corrected chi connectivity index (χ3v) is 3.35. The van der Waals surface area contributed by atoms with E-state index in [9.17, 15) is 18.0 Å². The van der Waals surface area contributed by atoms with Gasteiger partial charge in [-0.25, -0.2) is 14.8 Å². The number of rotatable bonds is 1. The molecule has 0 aromatic carbocycles. The second kappa shape index (κ2) is 4.69. The summed E-state index contributed by atoms with van der Waals surface area (Å²) in [5.41, 5.74) is -3.26. The lowest BCUT2D eigenvalue weighted by Gasteiger charge is -2.35. The Hall–Kier alpha value is -1.71. The van der Waals surface area contributed by atoms with Crippen molar-refractivity contribution in [3.05, 3.63) is 11.6 Å². The summed E-state index contributed by atoms with van der Waals surface area (Å²) in [5.74, 6) is -1.61. The molecule has 0 aromatic heterocycles. The average Bonchev–Trinajstić information content (AvgIpc) is 2.82. The van der Waals surface area contributed by atoms with E-state index in [1.807, 2.05) is 0 Å². The lowest BCUT2D eigenvalue weighted by molar-refractivity contribution is -0.202. The average molecular weight is 308 g/mol. The molecule has 110 valence electrons. The number of fused-ring (bicyclic) bond motifs is 1. The summed E-state index contributed by atoms with van der Waals surface area (Å²) in [6.07, 6.45) is -3.47. The van der Waals surface area contributed by atoms with Crippen molar-refractivity contribution in [2.45, 2.75) is 11.8 Å². The molecule has 0 fully saturated rings. The number of aliphatic imine (C=N–C) groups is 2. The van der Waals surface area contributed by atoms with Crippen LogP contribution in [-0.2, 0) is 9.53 Å². The molecule has 0 N–H and O–H groups in total. The lowest BCUT2D eigenvalue weighted by Crippen LogP contribution is -2.56. The molecule has 6 nitrogen and oxygen atoms in total. The number of carbonyl (C=O) groups is 1. The number of nitrogens with zero attached hydrogens (tertiary/aromatic N) is 4. The maximum Gasteiger partial charge on any atom is 0.446 e. The molecular weight excluding hydrogens is 297 g/mol. The molecule has 0 spiro atoms. The highest BCUT2D eigenvalue weighted by atomic mass is 32.2. The van der Waals surface area contributed by atoms with Gasteiger partial charge in [0.25, 0.3) is 0 Å². The SMILES string of the molecule is COC(=O)[C@@]1(C(F)(F)F)N=C2SC=CN2C(N(C)C)=N1. The van der Waals surface area contributed by atoms with E-state index in [1.54, 1.807) is 5.41 Å². The molecular formula is C10H11F3N4O2S. The van der Waals surface area contributed by atoms with Crippen LogP contribution in [0.25, 0.3) is 0 Å². The van der Waals surface area contributed by atoms with Gasteiger partial charge in [-0.05, 0) is 5.41 Å². The summed E-state index contributed by atoms with van der Waals surface area (Å²) in [7, 11) is 3.92. The summed E-state index contributed by atoms with van der Waals surface area (Å²) in [6.45, 7) is 0. The van der Waals surface area contributed by atoms with Crippen LogP contribution in [0.1, 0.15) is 0 Å². The first-order valence-corrected chi connectivity index (χ1v) is 6.25. The van der Waals surface area contributed by atoms with E-state index in [0.29, 0.717) is 0 Å².